The Morgan fingerprint density at radius 1 is 1.31 bits per heavy atom. The summed E-state index contributed by atoms with van der Waals surface area (Å²) in [6, 6.07) is 0.535. The van der Waals surface area contributed by atoms with Gasteiger partial charge in [0, 0.05) is 6.04 Å². The van der Waals surface area contributed by atoms with Gasteiger partial charge in [-0.3, -0.25) is 4.79 Å². The molecule has 0 spiro atoms. The minimum absolute atomic E-state index is 0.199. The van der Waals surface area contributed by atoms with Crippen LogP contribution >= 0.6 is 0 Å². The summed E-state index contributed by atoms with van der Waals surface area (Å²) in [6.07, 6.45) is 9.40. The number of primary amides is 1. The summed E-state index contributed by atoms with van der Waals surface area (Å²) in [6.45, 7) is 4.16. The molecule has 1 aliphatic rings. The van der Waals surface area contributed by atoms with Crippen LogP contribution < -0.4 is 11.1 Å². The molecule has 0 radical (unpaired) electrons. The van der Waals surface area contributed by atoms with Crippen molar-refractivity contribution in [2.45, 2.75) is 76.8 Å². The third-order valence-corrected chi connectivity index (χ3v) is 3.42. The monoisotopic (exact) mass is 226 g/mol. The van der Waals surface area contributed by atoms with E-state index in [4.69, 9.17) is 5.73 Å². The molecule has 1 unspecified atom stereocenters. The minimum Gasteiger partial charge on any atom is -0.368 e. The Morgan fingerprint density at radius 3 is 2.44 bits per heavy atom. The molecule has 1 amide bonds. The van der Waals surface area contributed by atoms with E-state index in [-0.39, 0.29) is 5.91 Å². The van der Waals surface area contributed by atoms with Crippen molar-refractivity contribution in [3.63, 3.8) is 0 Å². The highest BCUT2D eigenvalue weighted by atomic mass is 16.1. The van der Waals surface area contributed by atoms with Gasteiger partial charge in [-0.25, -0.2) is 0 Å². The van der Waals surface area contributed by atoms with E-state index >= 15 is 0 Å². The van der Waals surface area contributed by atoms with Crippen LogP contribution in [0.15, 0.2) is 0 Å². The maximum absolute atomic E-state index is 11.5. The van der Waals surface area contributed by atoms with Gasteiger partial charge < -0.3 is 11.1 Å². The van der Waals surface area contributed by atoms with E-state index < -0.39 is 5.54 Å². The maximum atomic E-state index is 11.5. The first-order valence-corrected chi connectivity index (χ1v) is 6.66. The quantitative estimate of drug-likeness (QED) is 0.593. The van der Waals surface area contributed by atoms with Crippen molar-refractivity contribution in [1.82, 2.24) is 5.32 Å². The Hall–Kier alpha value is -0.570. The number of nitrogens with two attached hydrogens (primary N) is 1. The van der Waals surface area contributed by atoms with E-state index in [1.165, 1.54) is 38.5 Å². The van der Waals surface area contributed by atoms with Crippen LogP contribution in [0.4, 0.5) is 0 Å². The lowest BCUT2D eigenvalue weighted by atomic mass is 9.93. The topological polar surface area (TPSA) is 55.1 Å². The van der Waals surface area contributed by atoms with Gasteiger partial charge in [-0.15, -0.1) is 0 Å². The second kappa shape index (κ2) is 6.24. The van der Waals surface area contributed by atoms with E-state index in [1.807, 2.05) is 6.92 Å². The van der Waals surface area contributed by atoms with Crippen LogP contribution in [0, 0.1) is 0 Å². The number of carbonyl (C=O) groups excluding carboxylic acids is 1. The Balaban J connectivity index is 2.23. The lowest BCUT2D eigenvalue weighted by molar-refractivity contribution is -0.124. The van der Waals surface area contributed by atoms with Crippen molar-refractivity contribution < 1.29 is 4.79 Å². The van der Waals surface area contributed by atoms with Gasteiger partial charge in [0.2, 0.25) is 5.91 Å². The lowest BCUT2D eigenvalue weighted by Crippen LogP contribution is -2.53. The molecule has 1 aliphatic carbocycles. The molecular weight excluding hydrogens is 200 g/mol. The number of amides is 1. The first-order chi connectivity index (χ1) is 7.58. The van der Waals surface area contributed by atoms with Gasteiger partial charge in [0.25, 0.3) is 0 Å². The first-order valence-electron chi connectivity index (χ1n) is 6.66. The predicted molar refractivity (Wildman–Crippen MR) is 67.1 cm³/mol. The van der Waals surface area contributed by atoms with Crippen LogP contribution in [-0.2, 0) is 4.79 Å². The molecule has 3 N–H and O–H groups in total. The molecule has 94 valence electrons. The SMILES string of the molecule is CCCCCCCC(C)(NC1CC1)C(N)=O. The first kappa shape index (κ1) is 13.5. The molecule has 16 heavy (non-hydrogen) atoms. The predicted octanol–water partition coefficient (Wildman–Crippen LogP) is 2.34. The summed E-state index contributed by atoms with van der Waals surface area (Å²) >= 11 is 0. The van der Waals surface area contributed by atoms with Crippen LogP contribution in [0.3, 0.4) is 0 Å². The molecule has 0 aromatic heterocycles. The summed E-state index contributed by atoms with van der Waals surface area (Å²) in [5.74, 6) is -0.199. The van der Waals surface area contributed by atoms with Crippen LogP contribution in [-0.4, -0.2) is 17.5 Å². The van der Waals surface area contributed by atoms with Crippen LogP contribution in [0.2, 0.25) is 0 Å². The van der Waals surface area contributed by atoms with Gasteiger partial charge in [-0.05, 0) is 26.2 Å². The number of hydrogen-bond donors (Lipinski definition) is 2. The molecule has 1 atom stereocenters. The van der Waals surface area contributed by atoms with Crippen molar-refractivity contribution >= 4 is 5.91 Å². The fourth-order valence-electron chi connectivity index (χ4n) is 2.03. The summed E-state index contributed by atoms with van der Waals surface area (Å²) in [5.41, 5.74) is 5.01. The standard InChI is InChI=1S/C13H26N2O/c1-3-4-5-6-7-10-13(2,12(14)16)15-11-8-9-11/h11,15H,3-10H2,1-2H3,(H2,14,16). The Kier molecular flexibility index (Phi) is 5.26. The third kappa shape index (κ3) is 4.52. The lowest BCUT2D eigenvalue weighted by Gasteiger charge is -2.27. The highest BCUT2D eigenvalue weighted by Crippen LogP contribution is 2.25. The molecule has 0 aromatic carbocycles. The van der Waals surface area contributed by atoms with Crippen molar-refractivity contribution in [3.05, 3.63) is 0 Å². The van der Waals surface area contributed by atoms with Gasteiger partial charge >= 0.3 is 0 Å². The number of rotatable bonds is 9. The Morgan fingerprint density at radius 2 is 1.94 bits per heavy atom. The Labute approximate surface area is 99.2 Å². The van der Waals surface area contributed by atoms with Crippen LogP contribution in [0.5, 0.6) is 0 Å². The van der Waals surface area contributed by atoms with Gasteiger partial charge in [-0.1, -0.05) is 39.0 Å². The van der Waals surface area contributed by atoms with E-state index in [0.717, 1.165) is 12.8 Å². The summed E-state index contributed by atoms with van der Waals surface area (Å²) in [5, 5.41) is 3.38. The number of carbonyl (C=O) groups is 1. The van der Waals surface area contributed by atoms with E-state index in [1.54, 1.807) is 0 Å². The molecule has 0 saturated heterocycles. The molecule has 3 heteroatoms. The fourth-order valence-corrected chi connectivity index (χ4v) is 2.03. The molecule has 3 nitrogen and oxygen atoms in total. The van der Waals surface area contributed by atoms with Crippen molar-refractivity contribution in [3.8, 4) is 0 Å². The van der Waals surface area contributed by atoms with E-state index in [9.17, 15) is 4.79 Å². The summed E-state index contributed by atoms with van der Waals surface area (Å²) in [4.78, 5) is 11.5. The molecular formula is C13H26N2O. The molecule has 0 heterocycles. The number of hydrogen-bond acceptors (Lipinski definition) is 2. The summed E-state index contributed by atoms with van der Waals surface area (Å²) < 4.78 is 0. The van der Waals surface area contributed by atoms with Crippen LogP contribution in [0.25, 0.3) is 0 Å². The van der Waals surface area contributed by atoms with Crippen molar-refractivity contribution in [2.24, 2.45) is 5.73 Å². The van der Waals surface area contributed by atoms with Gasteiger partial charge in [0.15, 0.2) is 0 Å². The fraction of sp³-hybridized carbons (Fsp3) is 0.923. The van der Waals surface area contributed by atoms with Gasteiger partial charge in [-0.2, -0.15) is 0 Å². The van der Waals surface area contributed by atoms with Crippen LogP contribution in [0.1, 0.15) is 65.2 Å². The van der Waals surface area contributed by atoms with Gasteiger partial charge in [0.1, 0.15) is 0 Å². The highest BCUT2D eigenvalue weighted by molar-refractivity contribution is 5.84. The third-order valence-electron chi connectivity index (χ3n) is 3.42. The zero-order valence-electron chi connectivity index (χ0n) is 10.7. The zero-order valence-corrected chi connectivity index (χ0v) is 10.7. The average Bonchev–Trinajstić information content (AvgIpc) is 3.01. The minimum atomic E-state index is -0.479. The van der Waals surface area contributed by atoms with Crippen molar-refractivity contribution in [2.75, 3.05) is 0 Å². The number of nitrogens with one attached hydrogen (secondary N) is 1. The number of unbranched alkanes of at least 4 members (excludes halogenated alkanes) is 4. The molecule has 1 saturated carbocycles. The van der Waals surface area contributed by atoms with Gasteiger partial charge in [0.05, 0.1) is 5.54 Å². The largest absolute Gasteiger partial charge is 0.368 e. The van der Waals surface area contributed by atoms with E-state index in [0.29, 0.717) is 6.04 Å². The zero-order chi connectivity index (χ0) is 12.0. The molecule has 1 rings (SSSR count). The van der Waals surface area contributed by atoms with Crippen molar-refractivity contribution in [1.29, 1.82) is 0 Å². The smallest absolute Gasteiger partial charge is 0.237 e. The molecule has 0 aliphatic heterocycles. The Bertz CT molecular complexity index is 226. The highest BCUT2D eigenvalue weighted by Gasteiger charge is 2.36. The second-order valence-corrected chi connectivity index (χ2v) is 5.28. The maximum Gasteiger partial charge on any atom is 0.237 e. The molecule has 0 aromatic rings. The van der Waals surface area contributed by atoms with E-state index in [2.05, 4.69) is 12.2 Å². The molecule has 0 bridgehead atoms. The average molecular weight is 226 g/mol. The second-order valence-electron chi connectivity index (χ2n) is 5.28. The summed E-state index contributed by atoms with van der Waals surface area (Å²) in [7, 11) is 0. The normalized spacial score (nSPS) is 19.4. The molecule has 1 fully saturated rings.